The summed E-state index contributed by atoms with van der Waals surface area (Å²) in [6.45, 7) is 0. The maximum absolute atomic E-state index is 7.12. The Kier molecular flexibility index (Phi) is 7.83. The summed E-state index contributed by atoms with van der Waals surface area (Å²) in [6, 6.07) is 81.7. The number of benzene rings is 10. The van der Waals surface area contributed by atoms with E-state index in [1.54, 1.807) is 0 Å². The van der Waals surface area contributed by atoms with E-state index in [1.807, 2.05) is 12.1 Å². The van der Waals surface area contributed by atoms with Gasteiger partial charge in [0.2, 0.25) is 0 Å². The van der Waals surface area contributed by atoms with Gasteiger partial charge in [0.25, 0.3) is 0 Å². The number of anilines is 6. The molecule has 1 aliphatic carbocycles. The van der Waals surface area contributed by atoms with Gasteiger partial charge in [-0.2, -0.15) is 0 Å². The van der Waals surface area contributed by atoms with Crippen molar-refractivity contribution in [1.29, 1.82) is 0 Å². The number of furan rings is 2. The highest BCUT2D eigenvalue weighted by molar-refractivity contribution is 6.18. The number of nitrogens with zero attached hydrogens (tertiary/aromatic N) is 2. The quantitative estimate of drug-likeness (QED) is 0.167. The average molecular weight is 847 g/mol. The van der Waals surface area contributed by atoms with Crippen molar-refractivity contribution in [3.05, 3.63) is 253 Å². The Hall–Kier alpha value is -8.80. The van der Waals surface area contributed by atoms with Gasteiger partial charge in [-0.15, -0.1) is 0 Å². The van der Waals surface area contributed by atoms with Gasteiger partial charge in [-0.3, -0.25) is 0 Å². The number of fused-ring (bicyclic) bond motifs is 15. The fourth-order valence-corrected chi connectivity index (χ4v) is 11.1. The molecule has 66 heavy (non-hydrogen) atoms. The molecule has 0 radical (unpaired) electrons. The fourth-order valence-electron chi connectivity index (χ4n) is 11.1. The Bertz CT molecular complexity index is 3800. The van der Waals surface area contributed by atoms with E-state index in [0.717, 1.165) is 101 Å². The van der Waals surface area contributed by atoms with Crippen LogP contribution < -0.4 is 14.5 Å². The highest BCUT2D eigenvalue weighted by Crippen LogP contribution is 2.65. The van der Waals surface area contributed by atoms with Crippen molar-refractivity contribution in [2.75, 3.05) is 9.80 Å². The summed E-state index contributed by atoms with van der Waals surface area (Å²) in [5, 5.41) is 4.18. The zero-order chi connectivity index (χ0) is 43.3. The molecule has 0 saturated heterocycles. The van der Waals surface area contributed by atoms with Gasteiger partial charge in [0, 0.05) is 56.0 Å². The van der Waals surface area contributed by atoms with E-state index in [-0.39, 0.29) is 0 Å². The first-order valence-corrected chi connectivity index (χ1v) is 22.4. The molecule has 0 N–H and O–H groups in total. The van der Waals surface area contributed by atoms with Crippen molar-refractivity contribution >= 4 is 78.0 Å². The topological polar surface area (TPSA) is 42.0 Å². The van der Waals surface area contributed by atoms with Crippen LogP contribution in [0, 0.1) is 0 Å². The van der Waals surface area contributed by atoms with Gasteiger partial charge in [0.05, 0.1) is 27.9 Å². The first-order valence-electron chi connectivity index (χ1n) is 22.4. The molecule has 5 heteroatoms. The Morgan fingerprint density at radius 1 is 0.333 bits per heavy atom. The van der Waals surface area contributed by atoms with Gasteiger partial charge >= 0.3 is 0 Å². The normalized spacial score (nSPS) is 13.1. The summed E-state index contributed by atoms with van der Waals surface area (Å²) in [6.07, 6.45) is 0. The van der Waals surface area contributed by atoms with E-state index < -0.39 is 5.41 Å². The SMILES string of the molecule is c1ccc(N(c2ccccc2)c2ccc(N(c3ccc4c(c3)oc3ccccc34)c3cccc4c3C3(c5ccccc5Oc5ccccc53)c3ccccc3-4)c3c2oc2ccccc23)cc1. The maximum Gasteiger partial charge on any atom is 0.161 e. The van der Waals surface area contributed by atoms with Crippen LogP contribution in [0.2, 0.25) is 0 Å². The second-order valence-corrected chi connectivity index (χ2v) is 17.1. The minimum atomic E-state index is -0.732. The molecule has 310 valence electrons. The summed E-state index contributed by atoms with van der Waals surface area (Å²) < 4.78 is 20.6. The molecule has 14 rings (SSSR count). The lowest BCUT2D eigenvalue weighted by Crippen LogP contribution is -2.33. The summed E-state index contributed by atoms with van der Waals surface area (Å²) in [5.41, 5.74) is 15.5. The molecule has 0 bridgehead atoms. The lowest BCUT2D eigenvalue weighted by Gasteiger charge is -2.41. The summed E-state index contributed by atoms with van der Waals surface area (Å²) in [5.74, 6) is 1.69. The van der Waals surface area contributed by atoms with Crippen molar-refractivity contribution in [2.24, 2.45) is 0 Å². The van der Waals surface area contributed by atoms with Gasteiger partial charge in [-0.25, -0.2) is 0 Å². The first kappa shape index (κ1) is 36.7. The van der Waals surface area contributed by atoms with Crippen molar-refractivity contribution in [3.8, 4) is 22.6 Å². The lowest BCUT2D eigenvalue weighted by atomic mass is 9.65. The van der Waals surface area contributed by atoms with E-state index in [2.05, 4.69) is 228 Å². The predicted molar refractivity (Wildman–Crippen MR) is 268 cm³/mol. The van der Waals surface area contributed by atoms with Crippen LogP contribution in [0.15, 0.2) is 239 Å². The Morgan fingerprint density at radius 2 is 0.894 bits per heavy atom. The Balaban J connectivity index is 1.12. The van der Waals surface area contributed by atoms with Crippen LogP contribution >= 0.6 is 0 Å². The lowest BCUT2D eigenvalue weighted by molar-refractivity contribution is 0.436. The van der Waals surface area contributed by atoms with E-state index in [9.17, 15) is 0 Å². The Morgan fingerprint density at radius 3 is 1.62 bits per heavy atom. The minimum absolute atomic E-state index is 0.732. The van der Waals surface area contributed by atoms with E-state index in [1.165, 1.54) is 22.3 Å². The number of hydrogen-bond acceptors (Lipinski definition) is 5. The molecule has 0 unspecified atom stereocenters. The molecule has 5 nitrogen and oxygen atoms in total. The molecule has 0 saturated carbocycles. The molecule has 2 aromatic heterocycles. The molecular formula is C61H38N2O3. The first-order chi connectivity index (χ1) is 32.8. The van der Waals surface area contributed by atoms with E-state index in [4.69, 9.17) is 13.6 Å². The fraction of sp³-hybridized carbons (Fsp3) is 0.0164. The smallest absolute Gasteiger partial charge is 0.161 e. The molecule has 0 amide bonds. The van der Waals surface area contributed by atoms with Crippen LogP contribution in [0.1, 0.15) is 22.3 Å². The summed E-state index contributed by atoms with van der Waals surface area (Å²) in [7, 11) is 0. The predicted octanol–water partition coefficient (Wildman–Crippen LogP) is 16.9. The van der Waals surface area contributed by atoms with Crippen molar-refractivity contribution < 1.29 is 13.6 Å². The van der Waals surface area contributed by atoms with Gasteiger partial charge in [0.15, 0.2) is 5.58 Å². The highest BCUT2D eigenvalue weighted by Gasteiger charge is 2.53. The third kappa shape index (κ3) is 5.11. The molecule has 10 aromatic carbocycles. The maximum atomic E-state index is 7.12. The molecule has 3 heterocycles. The zero-order valence-corrected chi connectivity index (χ0v) is 35.6. The third-order valence-electron chi connectivity index (χ3n) is 13.7. The second kappa shape index (κ2) is 14.1. The summed E-state index contributed by atoms with van der Waals surface area (Å²) >= 11 is 0. The summed E-state index contributed by atoms with van der Waals surface area (Å²) in [4.78, 5) is 4.74. The molecule has 2 aliphatic rings. The number of para-hydroxylation sites is 6. The van der Waals surface area contributed by atoms with E-state index >= 15 is 0 Å². The van der Waals surface area contributed by atoms with E-state index in [0.29, 0.717) is 0 Å². The Labute approximate surface area is 380 Å². The van der Waals surface area contributed by atoms with Crippen LogP contribution in [0.3, 0.4) is 0 Å². The standard InChI is InChI=1S/C61H38N2O3/c1-3-18-39(19-4-1)62(40-20-5-2-6-21-40)52-37-36-50(58-46-24-9-14-31-54(46)66-60(52)58)63(41-34-35-44-43-23-8-13-30-53(43)64-57(44)38-41)51-29-17-25-45-42-22-7-10-26-47(42)61(59(45)51)48-27-11-15-32-55(48)65-56-33-16-12-28-49(56)61/h1-38H. The zero-order valence-electron chi connectivity index (χ0n) is 35.6. The van der Waals surface area contributed by atoms with Crippen molar-refractivity contribution in [2.45, 2.75) is 5.41 Å². The molecule has 12 aromatic rings. The van der Waals surface area contributed by atoms with Crippen LogP contribution in [0.5, 0.6) is 11.5 Å². The monoisotopic (exact) mass is 846 g/mol. The van der Waals surface area contributed by atoms with Gasteiger partial charge in [-0.05, 0) is 95.6 Å². The molecular weight excluding hydrogens is 809 g/mol. The molecule has 0 atom stereocenters. The second-order valence-electron chi connectivity index (χ2n) is 17.1. The average Bonchev–Trinajstić information content (AvgIpc) is 4.05. The highest BCUT2D eigenvalue weighted by atomic mass is 16.5. The third-order valence-corrected chi connectivity index (χ3v) is 13.7. The van der Waals surface area contributed by atoms with Crippen LogP contribution in [0.25, 0.3) is 55.0 Å². The largest absolute Gasteiger partial charge is 0.457 e. The van der Waals surface area contributed by atoms with Crippen molar-refractivity contribution in [1.82, 2.24) is 0 Å². The number of rotatable bonds is 6. The molecule has 0 fully saturated rings. The van der Waals surface area contributed by atoms with Crippen molar-refractivity contribution in [3.63, 3.8) is 0 Å². The minimum Gasteiger partial charge on any atom is -0.457 e. The number of ether oxygens (including phenoxy) is 1. The van der Waals surface area contributed by atoms with Gasteiger partial charge < -0.3 is 23.4 Å². The van der Waals surface area contributed by atoms with Crippen LogP contribution in [0.4, 0.5) is 34.1 Å². The van der Waals surface area contributed by atoms with Crippen LogP contribution in [-0.2, 0) is 5.41 Å². The number of hydrogen-bond donors (Lipinski definition) is 0. The van der Waals surface area contributed by atoms with Gasteiger partial charge in [-0.1, -0.05) is 146 Å². The molecule has 1 aliphatic heterocycles. The molecule has 1 spiro atoms. The van der Waals surface area contributed by atoms with Gasteiger partial charge in [0.1, 0.15) is 28.2 Å². The van der Waals surface area contributed by atoms with Crippen LogP contribution in [-0.4, -0.2) is 0 Å².